The average Bonchev–Trinajstić information content (AvgIpc) is 1.97. The molecular formula is C6H12N2P2. The molecule has 2 atom stereocenters. The van der Waals surface area contributed by atoms with E-state index in [1.165, 1.54) is 0 Å². The zero-order valence-corrected chi connectivity index (χ0v) is 7.70. The van der Waals surface area contributed by atoms with Gasteiger partial charge in [-0.1, -0.05) is 0 Å². The second-order valence-electron chi connectivity index (χ2n) is 1.67. The van der Waals surface area contributed by atoms with Crippen LogP contribution in [0.5, 0.6) is 0 Å². The molecule has 1 aromatic carbocycles. The van der Waals surface area contributed by atoms with Crippen molar-refractivity contribution in [2.75, 3.05) is 11.5 Å². The summed E-state index contributed by atoms with van der Waals surface area (Å²) in [6.07, 6.45) is 0. The first-order valence-corrected chi connectivity index (χ1v) is 5.00. The third kappa shape index (κ3) is 3.66. The number of nitrogen functional groups attached to an aromatic ring is 2. The van der Waals surface area contributed by atoms with Gasteiger partial charge in [0.05, 0.1) is 1.28 Å². The summed E-state index contributed by atoms with van der Waals surface area (Å²) < 4.78 is 6.20. The van der Waals surface area contributed by atoms with Gasteiger partial charge in [-0.2, -0.15) is 0 Å². The van der Waals surface area contributed by atoms with Crippen LogP contribution in [0, 0.1) is 0 Å². The minimum absolute atomic E-state index is 0.250. The summed E-state index contributed by atoms with van der Waals surface area (Å²) in [6.45, 7) is 0. The van der Waals surface area contributed by atoms with E-state index in [-0.39, 0.29) is 8.87 Å². The van der Waals surface area contributed by atoms with Crippen molar-refractivity contribution in [2.45, 2.75) is 0 Å². The molecule has 2 nitrogen and oxygen atoms in total. The zero-order valence-electron chi connectivity index (χ0n) is 6.54. The molecule has 1 aromatic rings. The molecule has 0 aliphatic carbocycles. The molecule has 10 heavy (non-hydrogen) atoms. The molecule has 4 heteroatoms. The summed E-state index contributed by atoms with van der Waals surface area (Å²) in [5.41, 5.74) is 12.2. The number of hydrogen-bond acceptors (Lipinski definition) is 2. The van der Waals surface area contributed by atoms with E-state index in [4.69, 9.17) is 12.7 Å². The first kappa shape index (κ1) is 7.78. The van der Waals surface area contributed by atoms with Crippen LogP contribution in [0.15, 0.2) is 24.3 Å². The molecule has 0 radical (unpaired) electrons. The van der Waals surface area contributed by atoms with Gasteiger partial charge in [0.25, 0.3) is 0 Å². The van der Waals surface area contributed by atoms with Gasteiger partial charge in [-0.25, -0.2) is 0 Å². The molecular weight excluding hydrogens is 162 g/mol. The van der Waals surface area contributed by atoms with Crippen molar-refractivity contribution >= 4 is 29.2 Å². The van der Waals surface area contributed by atoms with Crippen molar-refractivity contribution in [1.82, 2.24) is 0 Å². The minimum atomic E-state index is 0.250. The number of hydrogen-bond donors (Lipinski definition) is 2. The van der Waals surface area contributed by atoms with E-state index in [2.05, 4.69) is 8.93 Å². The third-order valence-electron chi connectivity index (χ3n) is 0.936. The number of rotatable bonds is 0. The molecule has 0 aliphatic heterocycles. The van der Waals surface area contributed by atoms with Gasteiger partial charge in [0, 0.05) is 11.4 Å². The van der Waals surface area contributed by atoms with Crippen LogP contribution < -0.4 is 11.5 Å². The molecule has 0 spiro atoms. The Morgan fingerprint density at radius 3 is 1.50 bits per heavy atom. The largest absolute Gasteiger partial charge is 0.399 e. The standard InChI is InChI=1S/C6H8N2.H4P2/c7-5-1-2-6(8)4-3-5;1-2/h1-4H,7-8H2;1-2H2/i;1D. The third-order valence-corrected chi connectivity index (χ3v) is 0.936. The maximum absolute atomic E-state index is 6.20. The summed E-state index contributed by atoms with van der Waals surface area (Å²) in [7, 11) is 2.52. The molecule has 0 saturated heterocycles. The fourth-order valence-electron chi connectivity index (χ4n) is 0.496. The lowest BCUT2D eigenvalue weighted by Gasteiger charge is -1.90. The molecule has 2 unspecified atom stereocenters. The molecule has 1 rings (SSSR count). The Hall–Kier alpha value is -0.320. The van der Waals surface area contributed by atoms with Crippen LogP contribution in [0.4, 0.5) is 11.4 Å². The van der Waals surface area contributed by atoms with Gasteiger partial charge in [-0.3, -0.25) is 0 Å². The van der Waals surface area contributed by atoms with Crippen LogP contribution >= 0.6 is 17.8 Å². The first-order valence-electron chi connectivity index (χ1n) is 3.19. The van der Waals surface area contributed by atoms with Crippen molar-refractivity contribution in [3.05, 3.63) is 24.3 Å². The quantitative estimate of drug-likeness (QED) is 0.463. The molecule has 0 fully saturated rings. The van der Waals surface area contributed by atoms with E-state index in [0.29, 0.717) is 0 Å². The van der Waals surface area contributed by atoms with E-state index in [0.717, 1.165) is 11.4 Å². The highest BCUT2D eigenvalue weighted by Gasteiger charge is 1.80. The van der Waals surface area contributed by atoms with Gasteiger partial charge in [0.2, 0.25) is 0 Å². The summed E-state index contributed by atoms with van der Waals surface area (Å²) in [4.78, 5) is 0. The van der Waals surface area contributed by atoms with Crippen LogP contribution in [0.3, 0.4) is 0 Å². The van der Waals surface area contributed by atoms with Crippen LogP contribution in [-0.4, -0.2) is 1.28 Å². The predicted molar refractivity (Wildman–Crippen MR) is 54.7 cm³/mol. The minimum Gasteiger partial charge on any atom is -0.399 e. The van der Waals surface area contributed by atoms with Gasteiger partial charge < -0.3 is 11.5 Å². The lowest BCUT2D eigenvalue weighted by molar-refractivity contribution is 1.67. The zero-order chi connectivity index (χ0) is 8.69. The normalized spacial score (nSPS) is 10.3. The van der Waals surface area contributed by atoms with Crippen molar-refractivity contribution in [1.29, 1.82) is 1.28 Å². The Bertz CT molecular complexity index is 169. The molecule has 0 aliphatic rings. The maximum atomic E-state index is 6.20. The second kappa shape index (κ2) is 5.46. The summed E-state index contributed by atoms with van der Waals surface area (Å²) in [5, 5.41) is 0. The van der Waals surface area contributed by atoms with Crippen molar-refractivity contribution in [2.24, 2.45) is 0 Å². The van der Waals surface area contributed by atoms with E-state index in [9.17, 15) is 0 Å². The molecule has 0 aromatic heterocycles. The smallest absolute Gasteiger partial charge is 0.0589 e. The number of benzene rings is 1. The Kier molecular flexibility index (Phi) is 4.25. The van der Waals surface area contributed by atoms with Crippen molar-refractivity contribution in [3.63, 3.8) is 0 Å². The fraction of sp³-hybridized carbons (Fsp3) is 0. The lowest BCUT2D eigenvalue weighted by Crippen LogP contribution is -1.86. The highest BCUT2D eigenvalue weighted by atomic mass is 32.0. The molecule has 0 amide bonds. The monoisotopic (exact) mass is 175 g/mol. The number of nitrogens with two attached hydrogens (primary N) is 2. The van der Waals surface area contributed by atoms with Gasteiger partial charge in [-0.15, -0.1) is 17.8 Å². The van der Waals surface area contributed by atoms with E-state index in [1.807, 2.05) is 0 Å². The summed E-state index contributed by atoms with van der Waals surface area (Å²) >= 11 is 0. The van der Waals surface area contributed by atoms with Gasteiger partial charge in [0.15, 0.2) is 0 Å². The Morgan fingerprint density at radius 1 is 1.10 bits per heavy atom. The van der Waals surface area contributed by atoms with Crippen LogP contribution in [0.2, 0.25) is 0 Å². The SMILES string of the molecule is Nc1ccc(N)cc1.[2H]PP. The fourth-order valence-corrected chi connectivity index (χ4v) is 0.496. The molecule has 0 bridgehead atoms. The van der Waals surface area contributed by atoms with Crippen molar-refractivity contribution < 1.29 is 0 Å². The summed E-state index contributed by atoms with van der Waals surface area (Å²) in [6, 6.07) is 7.09. The van der Waals surface area contributed by atoms with Crippen molar-refractivity contribution in [3.8, 4) is 0 Å². The average molecular weight is 175 g/mol. The Labute approximate surface area is 67.0 Å². The maximum Gasteiger partial charge on any atom is 0.0589 e. The van der Waals surface area contributed by atoms with Crippen LogP contribution in [-0.2, 0) is 0 Å². The number of anilines is 2. The van der Waals surface area contributed by atoms with Crippen LogP contribution in [0.1, 0.15) is 0 Å². The summed E-state index contributed by atoms with van der Waals surface area (Å²) in [5.74, 6) is 0. The molecule has 4 N–H and O–H groups in total. The van der Waals surface area contributed by atoms with Gasteiger partial charge in [0.1, 0.15) is 0 Å². The predicted octanol–water partition coefficient (Wildman–Crippen LogP) is 1.50. The topological polar surface area (TPSA) is 52.0 Å². The second-order valence-corrected chi connectivity index (χ2v) is 1.67. The van der Waals surface area contributed by atoms with E-state index in [1.54, 1.807) is 24.3 Å². The molecule has 0 saturated carbocycles. The first-order chi connectivity index (χ1) is 5.20. The van der Waals surface area contributed by atoms with Gasteiger partial charge >= 0.3 is 0 Å². The Balaban J connectivity index is 0.000000292. The molecule has 0 heterocycles. The highest BCUT2D eigenvalue weighted by Crippen LogP contribution is 2.04. The highest BCUT2D eigenvalue weighted by molar-refractivity contribution is 7.92. The van der Waals surface area contributed by atoms with Crippen LogP contribution in [0.25, 0.3) is 0 Å². The Morgan fingerprint density at radius 2 is 1.30 bits per heavy atom. The van der Waals surface area contributed by atoms with Gasteiger partial charge in [-0.05, 0) is 24.3 Å². The van der Waals surface area contributed by atoms with E-state index < -0.39 is 0 Å². The van der Waals surface area contributed by atoms with E-state index >= 15 is 0 Å². The lowest BCUT2D eigenvalue weighted by atomic mass is 10.3. The molecule has 56 valence electrons.